The molecule has 0 aliphatic carbocycles. The summed E-state index contributed by atoms with van der Waals surface area (Å²) >= 11 is 0. The molecule has 2 aromatic rings. The SMILES string of the molecule is CCCCOc1ccc(NC(=O)c2ccccc2C(F)(F)F)cc1. The van der Waals surface area contributed by atoms with Crippen molar-refractivity contribution in [2.45, 2.75) is 25.9 Å². The van der Waals surface area contributed by atoms with E-state index < -0.39 is 23.2 Å². The minimum absolute atomic E-state index is 0.403. The number of benzene rings is 2. The summed E-state index contributed by atoms with van der Waals surface area (Å²) in [6, 6.07) is 11.2. The zero-order chi connectivity index (χ0) is 17.6. The average molecular weight is 337 g/mol. The first-order valence-corrected chi connectivity index (χ1v) is 7.62. The molecule has 0 fully saturated rings. The van der Waals surface area contributed by atoms with Crippen LogP contribution in [0.4, 0.5) is 18.9 Å². The third-order valence-electron chi connectivity index (χ3n) is 3.36. The first kappa shape index (κ1) is 17.8. The van der Waals surface area contributed by atoms with Gasteiger partial charge in [-0.3, -0.25) is 4.79 Å². The van der Waals surface area contributed by atoms with Gasteiger partial charge in [0.05, 0.1) is 17.7 Å². The quantitative estimate of drug-likeness (QED) is 0.742. The molecule has 0 atom stereocenters. The van der Waals surface area contributed by atoms with Gasteiger partial charge in [-0.15, -0.1) is 0 Å². The van der Waals surface area contributed by atoms with Crippen LogP contribution in [-0.4, -0.2) is 12.5 Å². The molecular formula is C18H18F3NO2. The van der Waals surface area contributed by atoms with Crippen molar-refractivity contribution in [3.05, 3.63) is 59.7 Å². The highest BCUT2D eigenvalue weighted by molar-refractivity contribution is 6.05. The van der Waals surface area contributed by atoms with Crippen molar-refractivity contribution in [3.63, 3.8) is 0 Å². The Bertz CT molecular complexity index is 681. The Labute approximate surface area is 138 Å². The van der Waals surface area contributed by atoms with Gasteiger partial charge < -0.3 is 10.1 Å². The topological polar surface area (TPSA) is 38.3 Å². The number of carbonyl (C=O) groups excluding carboxylic acids is 1. The zero-order valence-corrected chi connectivity index (χ0v) is 13.2. The predicted molar refractivity (Wildman–Crippen MR) is 86.2 cm³/mol. The van der Waals surface area contributed by atoms with Gasteiger partial charge in [-0.05, 0) is 42.8 Å². The average Bonchev–Trinajstić information content (AvgIpc) is 2.56. The molecule has 0 radical (unpaired) electrons. The molecule has 0 aromatic heterocycles. The summed E-state index contributed by atoms with van der Waals surface area (Å²) in [4.78, 5) is 12.1. The van der Waals surface area contributed by atoms with Crippen LogP contribution in [0.15, 0.2) is 48.5 Å². The number of ether oxygens (including phenoxy) is 1. The fourth-order valence-electron chi connectivity index (χ4n) is 2.10. The summed E-state index contributed by atoms with van der Waals surface area (Å²) in [6.07, 6.45) is -2.62. The molecule has 0 unspecified atom stereocenters. The second-order valence-corrected chi connectivity index (χ2v) is 5.22. The Morgan fingerprint density at radius 2 is 1.75 bits per heavy atom. The summed E-state index contributed by atoms with van der Waals surface area (Å²) in [6.45, 7) is 2.65. The largest absolute Gasteiger partial charge is 0.494 e. The maximum atomic E-state index is 13.0. The lowest BCUT2D eigenvalue weighted by atomic mass is 10.1. The molecule has 128 valence electrons. The van der Waals surface area contributed by atoms with Crippen molar-refractivity contribution in [3.8, 4) is 5.75 Å². The van der Waals surface area contributed by atoms with Crippen LogP contribution < -0.4 is 10.1 Å². The summed E-state index contributed by atoms with van der Waals surface area (Å²) in [7, 11) is 0. The van der Waals surface area contributed by atoms with E-state index in [9.17, 15) is 18.0 Å². The molecule has 24 heavy (non-hydrogen) atoms. The third kappa shape index (κ3) is 4.75. The number of halogens is 3. The highest BCUT2D eigenvalue weighted by atomic mass is 19.4. The predicted octanol–water partition coefficient (Wildman–Crippen LogP) is 5.14. The van der Waals surface area contributed by atoms with Crippen molar-refractivity contribution in [2.75, 3.05) is 11.9 Å². The monoisotopic (exact) mass is 337 g/mol. The number of amides is 1. The number of anilines is 1. The smallest absolute Gasteiger partial charge is 0.417 e. The molecule has 2 rings (SSSR count). The molecule has 0 saturated heterocycles. The Kier molecular flexibility index (Phi) is 5.84. The van der Waals surface area contributed by atoms with Gasteiger partial charge in [-0.2, -0.15) is 13.2 Å². The molecule has 0 bridgehead atoms. The fourth-order valence-corrected chi connectivity index (χ4v) is 2.10. The molecule has 3 nitrogen and oxygen atoms in total. The Balaban J connectivity index is 2.08. The zero-order valence-electron chi connectivity index (χ0n) is 13.2. The number of rotatable bonds is 6. The summed E-state index contributed by atoms with van der Waals surface area (Å²) < 4.78 is 44.3. The summed E-state index contributed by atoms with van der Waals surface area (Å²) in [5.74, 6) is -0.153. The molecule has 0 aliphatic heterocycles. The Morgan fingerprint density at radius 1 is 1.08 bits per heavy atom. The van der Waals surface area contributed by atoms with Crippen LogP contribution in [0, 0.1) is 0 Å². The van der Waals surface area contributed by atoms with Crippen LogP contribution in [0.3, 0.4) is 0 Å². The molecule has 2 aromatic carbocycles. The van der Waals surface area contributed by atoms with Crippen LogP contribution in [0.5, 0.6) is 5.75 Å². The van der Waals surface area contributed by atoms with E-state index in [1.807, 2.05) is 0 Å². The van der Waals surface area contributed by atoms with Gasteiger partial charge in [-0.1, -0.05) is 25.5 Å². The molecule has 0 spiro atoms. The number of carbonyl (C=O) groups is 1. The van der Waals surface area contributed by atoms with Crippen molar-refractivity contribution in [1.29, 1.82) is 0 Å². The van der Waals surface area contributed by atoms with Crippen molar-refractivity contribution >= 4 is 11.6 Å². The van der Waals surface area contributed by atoms with E-state index in [1.54, 1.807) is 24.3 Å². The Morgan fingerprint density at radius 3 is 2.38 bits per heavy atom. The first-order valence-electron chi connectivity index (χ1n) is 7.62. The molecule has 6 heteroatoms. The molecule has 1 amide bonds. The van der Waals surface area contributed by atoms with E-state index >= 15 is 0 Å². The van der Waals surface area contributed by atoms with Crippen molar-refractivity contribution < 1.29 is 22.7 Å². The van der Waals surface area contributed by atoms with Gasteiger partial charge in [0, 0.05) is 5.69 Å². The van der Waals surface area contributed by atoms with Crippen molar-refractivity contribution in [2.24, 2.45) is 0 Å². The van der Waals surface area contributed by atoms with Gasteiger partial charge in [0.1, 0.15) is 5.75 Å². The van der Waals surface area contributed by atoms with Crippen LogP contribution in [0.2, 0.25) is 0 Å². The molecule has 0 heterocycles. The van der Waals surface area contributed by atoms with Gasteiger partial charge in [-0.25, -0.2) is 0 Å². The Hall–Kier alpha value is -2.50. The van der Waals surface area contributed by atoms with Crippen LogP contribution in [-0.2, 0) is 6.18 Å². The van der Waals surface area contributed by atoms with Crippen LogP contribution in [0.25, 0.3) is 0 Å². The molecular weight excluding hydrogens is 319 g/mol. The normalized spacial score (nSPS) is 11.2. The lowest BCUT2D eigenvalue weighted by molar-refractivity contribution is -0.137. The molecule has 0 aliphatic rings. The third-order valence-corrected chi connectivity index (χ3v) is 3.36. The fraction of sp³-hybridized carbons (Fsp3) is 0.278. The van der Waals surface area contributed by atoms with Crippen LogP contribution >= 0.6 is 0 Å². The number of nitrogens with one attached hydrogen (secondary N) is 1. The van der Waals surface area contributed by atoms with Crippen LogP contribution in [0.1, 0.15) is 35.7 Å². The maximum Gasteiger partial charge on any atom is 0.417 e. The first-order chi connectivity index (χ1) is 11.4. The highest BCUT2D eigenvalue weighted by Crippen LogP contribution is 2.32. The van der Waals surface area contributed by atoms with Gasteiger partial charge in [0.2, 0.25) is 0 Å². The van der Waals surface area contributed by atoms with E-state index in [-0.39, 0.29) is 0 Å². The highest BCUT2D eigenvalue weighted by Gasteiger charge is 2.34. The van der Waals surface area contributed by atoms with E-state index in [4.69, 9.17) is 4.74 Å². The molecule has 0 saturated carbocycles. The van der Waals surface area contributed by atoms with E-state index in [0.717, 1.165) is 25.0 Å². The lowest BCUT2D eigenvalue weighted by Gasteiger charge is -2.13. The van der Waals surface area contributed by atoms with E-state index in [0.29, 0.717) is 18.0 Å². The minimum atomic E-state index is -4.58. The van der Waals surface area contributed by atoms with Gasteiger partial charge in [0.15, 0.2) is 0 Å². The second-order valence-electron chi connectivity index (χ2n) is 5.22. The van der Waals surface area contributed by atoms with E-state index in [2.05, 4.69) is 12.2 Å². The molecule has 1 N–H and O–H groups in total. The number of unbranched alkanes of at least 4 members (excludes halogenated alkanes) is 1. The summed E-state index contributed by atoms with van der Waals surface area (Å²) in [5.41, 5.74) is -0.963. The number of alkyl halides is 3. The second kappa shape index (κ2) is 7.86. The van der Waals surface area contributed by atoms with Gasteiger partial charge >= 0.3 is 6.18 Å². The van der Waals surface area contributed by atoms with Crippen molar-refractivity contribution in [1.82, 2.24) is 0 Å². The maximum absolute atomic E-state index is 13.0. The van der Waals surface area contributed by atoms with E-state index in [1.165, 1.54) is 12.1 Å². The van der Waals surface area contributed by atoms with Gasteiger partial charge in [0.25, 0.3) is 5.91 Å². The standard InChI is InChI=1S/C18H18F3NO2/c1-2-3-12-24-14-10-8-13(9-11-14)22-17(23)15-6-4-5-7-16(15)18(19,20)21/h4-11H,2-3,12H2,1H3,(H,22,23). The minimum Gasteiger partial charge on any atom is -0.494 e. The summed E-state index contributed by atoms with van der Waals surface area (Å²) in [5, 5.41) is 2.47. The number of hydrogen-bond acceptors (Lipinski definition) is 2. The number of hydrogen-bond donors (Lipinski definition) is 1. The lowest BCUT2D eigenvalue weighted by Crippen LogP contribution is -2.18.